The molecule has 3 heterocycles. The summed E-state index contributed by atoms with van der Waals surface area (Å²) in [6, 6.07) is -0.234. The average Bonchev–Trinajstić information content (AvgIpc) is 0.800. The van der Waals surface area contributed by atoms with Crippen molar-refractivity contribution in [1.82, 2.24) is 29.4 Å². The number of hydrogen-bond acceptors (Lipinski definition) is 24. The molecule has 6 atom stereocenters. The Morgan fingerprint density at radius 1 is 0.288 bits per heavy atom. The van der Waals surface area contributed by atoms with Gasteiger partial charge in [-0.15, -0.1) is 0 Å². The molecule has 0 bridgehead atoms. The summed E-state index contributed by atoms with van der Waals surface area (Å²) in [6.45, 7) is 7.24. The standard InChI is InChI=1S/C66H137N7O24S6Si/c1-4-6-8-10-12-14-16-18-20-22-24-26-28-30-45-73(3,46-31-29-27-25-23-21-19-17-15-13-11-9-7-5-2)47-32-48-104(95-64(58-101(86,87)88)52-70-39-33-67(34-40-70)49-61(74)55-98(77,78)79,96-65(59-102(89,90)91)53-71-41-35-68(36-42-71)50-62(75)56-99(80,81)82)97-66(60-103(92,93)94)54-72-43-37-69(38-44-72)51-63(76)57-100(83,84)85/h61-66,74-76H,4-60H2,1-3H3,(H5-,77,78,79,80,81,82,83,84,85,86,87,88,89,90,91,92,93,94)/p+1. The molecule has 9 N–H and O–H groups in total. The molecule has 6 unspecified atom stereocenters. The van der Waals surface area contributed by atoms with E-state index in [4.69, 9.17) is 13.3 Å². The Balaban J connectivity index is 2.16. The van der Waals surface area contributed by atoms with E-state index in [1.165, 1.54) is 116 Å². The largest absolute Gasteiger partial charge is 0.502 e. The van der Waals surface area contributed by atoms with Crippen molar-refractivity contribution in [1.29, 1.82) is 0 Å². The second kappa shape index (κ2) is 51.0. The highest BCUT2D eigenvalue weighted by atomic mass is 32.2. The maximum absolute atomic E-state index is 13.3. The molecule has 0 aliphatic carbocycles. The summed E-state index contributed by atoms with van der Waals surface area (Å²) in [4.78, 5) is 10.5. The summed E-state index contributed by atoms with van der Waals surface area (Å²) in [6.07, 6.45) is 24.1. The first-order valence-electron chi connectivity index (χ1n) is 38.7. The van der Waals surface area contributed by atoms with Crippen molar-refractivity contribution < 1.29 is 111 Å². The molecule has 0 aromatic heterocycles. The Morgan fingerprint density at radius 2 is 0.471 bits per heavy atom. The number of hydrogen-bond donors (Lipinski definition) is 9. The van der Waals surface area contributed by atoms with Crippen molar-refractivity contribution in [2.75, 3.05) is 179 Å². The Kier molecular flexibility index (Phi) is 47.7. The summed E-state index contributed by atoms with van der Waals surface area (Å²) in [5.41, 5.74) is 0. The molecule has 0 spiro atoms. The third-order valence-corrected chi connectivity index (χ3v) is 27.7. The third-order valence-electron chi connectivity index (χ3n) is 19.9. The van der Waals surface area contributed by atoms with Crippen LogP contribution in [-0.4, -0.2) is 351 Å². The fraction of sp³-hybridized carbons (Fsp3) is 1.00. The molecule has 0 radical (unpaired) electrons. The molecule has 3 rings (SSSR count). The number of unbranched alkanes of at least 4 members (excludes halogenated alkanes) is 26. The highest BCUT2D eigenvalue weighted by Gasteiger charge is 2.50. The Labute approximate surface area is 627 Å². The molecular formula is C66H138N7O24S6Si+. The van der Waals surface area contributed by atoms with Gasteiger partial charge in [-0.1, -0.05) is 168 Å². The molecule has 0 aromatic carbocycles. The van der Waals surface area contributed by atoms with Gasteiger partial charge in [0, 0.05) is 130 Å². The first-order chi connectivity index (χ1) is 48.7. The van der Waals surface area contributed by atoms with E-state index < -0.39 is 141 Å². The lowest BCUT2D eigenvalue weighted by molar-refractivity contribution is -0.910. The van der Waals surface area contributed by atoms with Crippen LogP contribution in [0.2, 0.25) is 6.04 Å². The smallest absolute Gasteiger partial charge is 0.391 e. The number of aliphatic hydroxyl groups excluding tert-OH is 3. The summed E-state index contributed by atoms with van der Waals surface area (Å²) in [5.74, 6) is -6.06. The van der Waals surface area contributed by atoms with Crippen molar-refractivity contribution in [2.24, 2.45) is 0 Å². The SMILES string of the molecule is CCCCCCCCCCCCCCCC[N+](C)(CCCCCCCCCCCCCCCC)CCC[Si](OC(CN1CCN(CC(O)CS(=O)(=O)O)CC1)CS(=O)(=O)O)(OC(CN1CCN(CC(O)CS(=O)(=O)O)CC1)CS(=O)(=O)O)OC(CN1CCN(CC(O)CS(=O)(=O)O)CC1)CS(=O)(=O)O. The molecule has 31 nitrogen and oxygen atoms in total. The summed E-state index contributed by atoms with van der Waals surface area (Å²) in [5, 5.41) is 31.5. The monoisotopic (exact) mass is 1630 g/mol. The van der Waals surface area contributed by atoms with E-state index in [2.05, 4.69) is 20.9 Å². The van der Waals surface area contributed by atoms with E-state index in [0.717, 1.165) is 77.3 Å². The van der Waals surface area contributed by atoms with Crippen LogP contribution >= 0.6 is 0 Å². The molecule has 0 saturated carbocycles. The number of β-amino-alcohol motifs (C(OH)–C–C–N with tert-alkyl or cyclic N) is 3. The first-order valence-corrected chi connectivity index (χ1v) is 50.3. The highest BCUT2D eigenvalue weighted by molar-refractivity contribution is 7.87. The number of piperazine rings is 3. The van der Waals surface area contributed by atoms with Crippen LogP contribution in [0.5, 0.6) is 0 Å². The Bertz CT molecular complexity index is 2710. The van der Waals surface area contributed by atoms with Crippen LogP contribution in [0.3, 0.4) is 0 Å². The van der Waals surface area contributed by atoms with Crippen molar-refractivity contribution in [3.63, 3.8) is 0 Å². The zero-order valence-electron chi connectivity index (χ0n) is 63.0. The Morgan fingerprint density at radius 3 is 0.673 bits per heavy atom. The second-order valence-electron chi connectivity index (χ2n) is 30.2. The van der Waals surface area contributed by atoms with Gasteiger partial charge in [-0.3, -0.25) is 56.7 Å². The van der Waals surface area contributed by atoms with Gasteiger partial charge in [0.25, 0.3) is 60.7 Å². The third kappa shape index (κ3) is 51.7. The minimum Gasteiger partial charge on any atom is -0.391 e. The summed E-state index contributed by atoms with van der Waals surface area (Å²) < 4.78 is 232. The topological polar surface area (TPSA) is 434 Å². The van der Waals surface area contributed by atoms with E-state index >= 15 is 0 Å². The van der Waals surface area contributed by atoms with E-state index in [9.17, 15) is 93.1 Å². The zero-order chi connectivity index (χ0) is 77.4. The Hall–Kier alpha value is -0.843. The predicted molar refractivity (Wildman–Crippen MR) is 406 cm³/mol. The molecule has 0 amide bonds. The quantitative estimate of drug-likeness (QED) is 0.0165. The van der Waals surface area contributed by atoms with Crippen molar-refractivity contribution >= 4 is 69.5 Å². The summed E-state index contributed by atoms with van der Waals surface area (Å²) >= 11 is 0. The molecule has 0 aromatic rings. The van der Waals surface area contributed by atoms with E-state index in [1.54, 1.807) is 29.4 Å². The molecular weight excluding hydrogens is 1500 g/mol. The lowest BCUT2D eigenvalue weighted by atomic mass is 10.0. The molecule has 3 saturated heterocycles. The van der Waals surface area contributed by atoms with Gasteiger partial charge in [0.05, 0.1) is 63.3 Å². The molecule has 3 aliphatic heterocycles. The minimum absolute atomic E-state index is 0.146. The molecule has 3 aliphatic rings. The van der Waals surface area contributed by atoms with Gasteiger partial charge in [-0.25, -0.2) is 0 Å². The predicted octanol–water partition coefficient (Wildman–Crippen LogP) is 5.14. The van der Waals surface area contributed by atoms with Gasteiger partial charge in [0.15, 0.2) is 0 Å². The number of rotatable bonds is 64. The second-order valence-corrected chi connectivity index (χ2v) is 41.8. The van der Waals surface area contributed by atoms with Crippen LogP contribution in [0.25, 0.3) is 0 Å². The van der Waals surface area contributed by atoms with Crippen LogP contribution in [0, 0.1) is 0 Å². The van der Waals surface area contributed by atoms with Crippen molar-refractivity contribution in [3.05, 3.63) is 0 Å². The molecule has 38 heteroatoms. The van der Waals surface area contributed by atoms with Crippen LogP contribution in [0.1, 0.15) is 200 Å². The van der Waals surface area contributed by atoms with Gasteiger partial charge in [0.2, 0.25) is 0 Å². The van der Waals surface area contributed by atoms with Crippen LogP contribution in [-0.2, 0) is 74.0 Å². The van der Waals surface area contributed by atoms with E-state index in [-0.39, 0.29) is 130 Å². The van der Waals surface area contributed by atoms with Crippen LogP contribution in [0.15, 0.2) is 0 Å². The normalized spacial score (nSPS) is 19.3. The number of quaternary nitrogens is 1. The minimum atomic E-state index is -5.05. The maximum atomic E-state index is 13.3. The summed E-state index contributed by atoms with van der Waals surface area (Å²) in [7, 11) is -31.5. The van der Waals surface area contributed by atoms with Gasteiger partial charge in [0.1, 0.15) is 34.5 Å². The molecule has 104 heavy (non-hydrogen) atoms. The van der Waals surface area contributed by atoms with Gasteiger partial charge in [-0.05, 0) is 25.7 Å². The number of aliphatic hydroxyl groups is 3. The zero-order valence-corrected chi connectivity index (χ0v) is 68.9. The average molecular weight is 1630 g/mol. The fourth-order valence-electron chi connectivity index (χ4n) is 14.6. The first kappa shape index (κ1) is 97.4. The lowest BCUT2D eigenvalue weighted by Gasteiger charge is -2.43. The van der Waals surface area contributed by atoms with Gasteiger partial charge in [-0.2, -0.15) is 50.5 Å². The highest BCUT2D eigenvalue weighted by Crippen LogP contribution is 2.30. The van der Waals surface area contributed by atoms with Crippen molar-refractivity contribution in [3.8, 4) is 0 Å². The molecule has 620 valence electrons. The van der Waals surface area contributed by atoms with Crippen molar-refractivity contribution in [2.45, 2.75) is 243 Å². The maximum Gasteiger partial charge on any atom is 0.502 e. The lowest BCUT2D eigenvalue weighted by Crippen LogP contribution is -2.61. The van der Waals surface area contributed by atoms with Crippen LogP contribution in [0.4, 0.5) is 0 Å². The van der Waals surface area contributed by atoms with Crippen LogP contribution < -0.4 is 0 Å². The fourth-order valence-corrected chi connectivity index (χ4v) is 21.8. The van der Waals surface area contributed by atoms with Gasteiger partial charge < -0.3 is 33.1 Å². The van der Waals surface area contributed by atoms with E-state index in [1.807, 2.05) is 0 Å². The number of nitrogens with zero attached hydrogens (tertiary/aromatic N) is 7. The van der Waals surface area contributed by atoms with Gasteiger partial charge >= 0.3 is 8.80 Å². The van der Waals surface area contributed by atoms with E-state index in [0.29, 0.717) is 11.0 Å². The molecule has 3 fully saturated rings.